The zero-order valence-corrected chi connectivity index (χ0v) is 59.4. The topological polar surface area (TPSA) is 215 Å². The summed E-state index contributed by atoms with van der Waals surface area (Å²) in [5.41, 5.74) is 9.63. The van der Waals surface area contributed by atoms with E-state index in [4.69, 9.17) is 4.42 Å². The first kappa shape index (κ1) is 83.1. The molecule has 4 N–H and O–H groups in total. The van der Waals surface area contributed by atoms with Gasteiger partial charge in [0.2, 0.25) is 11.7 Å². The number of benzene rings is 4. The lowest BCUT2D eigenvalue weighted by atomic mass is 10.1. The Morgan fingerprint density at radius 2 is 1.12 bits per heavy atom. The molecule has 0 unspecified atom stereocenters. The smallest absolute Gasteiger partial charge is 0.264 e. The highest BCUT2D eigenvalue weighted by molar-refractivity contribution is 7.22. The van der Waals surface area contributed by atoms with E-state index in [9.17, 15) is 14.4 Å². The first-order valence-corrected chi connectivity index (χ1v) is 33.2. The van der Waals surface area contributed by atoms with E-state index < -0.39 is 0 Å². The van der Waals surface area contributed by atoms with Crippen LogP contribution >= 0.6 is 11.3 Å². The van der Waals surface area contributed by atoms with E-state index >= 15 is 0 Å². The summed E-state index contributed by atoms with van der Waals surface area (Å²) in [6.07, 6.45) is 7.89. The molecule has 1 aliphatic heterocycles. The number of rotatable bonds is 10. The standard InChI is InChI=1S/C11H14N2.C11H11NO2.C10H11N3O.C10H13N3.C10H12N2S.C9H8N2O.6C2H6.CH4/c1-8(2)12-11-7-9-5-3-4-6-10(9)13-11;1-7(2)10(13)11-12-8-5-3-4-6-9(8)14-11;1-7(2)10(14)8-6-13-9(12-8)4-3-5-11-13;2*1-7(2)11-10-12-8-5-3-4-6-9(8)13-10;1-7(12)8-6-11-5-3-2-4-9(11)10-8;6*1-2;/h3-6,8H,7H2,1-2H3,(H,12,13);2*3-7H,1-2H3;3-7H,1-2H3,(H2,11,12,13);3-7H,1-2H3,(H,11,12);2-6H,1H3;6*1-2H3;1H4. The summed E-state index contributed by atoms with van der Waals surface area (Å²) in [6.45, 7) is 45.5. The second-order valence-electron chi connectivity index (χ2n) is 19.9. The number of anilines is 3. The third-order valence-corrected chi connectivity index (χ3v) is 12.3. The molecule has 1 aliphatic rings. The fourth-order valence-corrected chi connectivity index (χ4v) is 8.63. The van der Waals surface area contributed by atoms with Crippen LogP contribution in [-0.4, -0.2) is 85.2 Å². The van der Waals surface area contributed by atoms with Gasteiger partial charge in [0.25, 0.3) is 5.89 Å². The first-order valence-electron chi connectivity index (χ1n) is 32.3. The predicted molar refractivity (Wildman–Crippen MR) is 395 cm³/mol. The van der Waals surface area contributed by atoms with Crippen LogP contribution in [0.2, 0.25) is 0 Å². The van der Waals surface area contributed by atoms with Gasteiger partial charge in [-0.2, -0.15) is 5.10 Å². The molecule has 8 heterocycles. The van der Waals surface area contributed by atoms with Crippen LogP contribution < -0.4 is 16.0 Å². The average molecular weight is 1280 g/mol. The van der Waals surface area contributed by atoms with Crippen molar-refractivity contribution in [3.8, 4) is 0 Å². The summed E-state index contributed by atoms with van der Waals surface area (Å²) in [7, 11) is 0. The number of nitrogens with zero attached hydrogens (tertiary/aromatic N) is 9. The van der Waals surface area contributed by atoms with Gasteiger partial charge >= 0.3 is 0 Å². The van der Waals surface area contributed by atoms with E-state index in [1.165, 1.54) is 22.9 Å². The summed E-state index contributed by atoms with van der Waals surface area (Å²) in [5.74, 6) is 2.03. The highest BCUT2D eigenvalue weighted by Gasteiger charge is 2.18. The molecule has 0 bridgehead atoms. The third-order valence-electron chi connectivity index (χ3n) is 11.4. The van der Waals surface area contributed by atoms with Crippen molar-refractivity contribution in [3.63, 3.8) is 0 Å². The van der Waals surface area contributed by atoms with Crippen molar-refractivity contribution < 1.29 is 18.8 Å². The summed E-state index contributed by atoms with van der Waals surface area (Å²) in [6, 6.07) is 42.4. The number of amidine groups is 1. The van der Waals surface area contributed by atoms with E-state index in [0.717, 1.165) is 51.1 Å². The van der Waals surface area contributed by atoms with Crippen LogP contribution in [-0.2, 0) is 6.42 Å². The molecule has 0 aliphatic carbocycles. The minimum atomic E-state index is -0.0805. The molecule has 0 saturated carbocycles. The monoisotopic (exact) mass is 1280 g/mol. The molecule has 0 atom stereocenters. The van der Waals surface area contributed by atoms with Crippen LogP contribution in [0.15, 0.2) is 162 Å². The normalized spacial score (nSPS) is 10.7. The SMILES string of the molecule is C.CC.CC.CC.CC.CC.CC.CC(=O)c1cn2ccccc2n1.CC(C)C(=O)c1cn2ncccc2n1.CC(C)C(=O)c1nc2ccccc2o1.CC(C)N=C1Cc2ccccc2N1.CC(C)Nc1nc2ccccc2[nH]1.CC(C)Nc1nc2ccccc2s1. The number of oxazole rings is 1. The number of hydrogen-bond donors (Lipinski definition) is 4. The molecule has 0 amide bonds. The lowest BCUT2D eigenvalue weighted by Crippen LogP contribution is -2.10. The molecule has 11 aromatic rings. The summed E-state index contributed by atoms with van der Waals surface area (Å²) < 4.78 is 10.0. The molecule has 0 spiro atoms. The van der Waals surface area contributed by atoms with Gasteiger partial charge in [-0.3, -0.25) is 19.4 Å². The fourth-order valence-electron chi connectivity index (χ4n) is 7.62. The highest BCUT2D eigenvalue weighted by atomic mass is 32.1. The Morgan fingerprint density at radius 3 is 1.67 bits per heavy atom. The fraction of sp³-hybridized carbons (Fsp3) is 0.405. The molecular formula is C74H109N13O4S. The van der Waals surface area contributed by atoms with Gasteiger partial charge in [0, 0.05) is 67.6 Å². The molecule has 4 aromatic carbocycles. The largest absolute Gasteiger partial charge is 0.434 e. The van der Waals surface area contributed by atoms with Crippen LogP contribution in [0.1, 0.15) is 204 Å². The Morgan fingerprint density at radius 1 is 0.565 bits per heavy atom. The Balaban J connectivity index is 0.00000104. The van der Waals surface area contributed by atoms with Gasteiger partial charge in [-0.05, 0) is 114 Å². The summed E-state index contributed by atoms with van der Waals surface area (Å²) in [4.78, 5) is 63.1. The Bertz CT molecular complexity index is 3450. The van der Waals surface area contributed by atoms with E-state index in [-0.39, 0.29) is 42.5 Å². The van der Waals surface area contributed by atoms with Gasteiger partial charge in [-0.25, -0.2) is 29.4 Å². The van der Waals surface area contributed by atoms with Crippen LogP contribution in [0.3, 0.4) is 0 Å². The highest BCUT2D eigenvalue weighted by Crippen LogP contribution is 2.26. The van der Waals surface area contributed by atoms with Crippen LogP contribution in [0.5, 0.6) is 0 Å². The number of Topliss-reactive ketones (excluding diaryl/α,β-unsaturated/α-hetero) is 3. The summed E-state index contributed by atoms with van der Waals surface area (Å²) >= 11 is 1.70. The maximum absolute atomic E-state index is 11.6. The zero-order valence-electron chi connectivity index (χ0n) is 58.6. The molecule has 0 fully saturated rings. The number of thiazole rings is 1. The quantitative estimate of drug-likeness (QED) is 0.0939. The van der Waals surface area contributed by atoms with Crippen molar-refractivity contribution in [2.24, 2.45) is 16.8 Å². The Hall–Kier alpha value is -8.90. The molecular weight excluding hydrogens is 1170 g/mol. The van der Waals surface area contributed by atoms with E-state index in [1.54, 1.807) is 46.6 Å². The molecule has 500 valence electrons. The number of aromatic amines is 1. The maximum atomic E-state index is 11.6. The number of fused-ring (bicyclic) bond motifs is 6. The number of imidazole rings is 3. The molecule has 0 radical (unpaired) electrons. The second-order valence-corrected chi connectivity index (χ2v) is 21.0. The third kappa shape index (κ3) is 27.7. The van der Waals surface area contributed by atoms with Gasteiger partial charge in [-0.15, -0.1) is 0 Å². The Labute approximate surface area is 553 Å². The van der Waals surface area contributed by atoms with Crippen LogP contribution in [0.4, 0.5) is 16.8 Å². The van der Waals surface area contributed by atoms with Gasteiger partial charge in [0.1, 0.15) is 28.4 Å². The van der Waals surface area contributed by atoms with Crippen molar-refractivity contribution in [1.29, 1.82) is 0 Å². The minimum absolute atomic E-state index is 0. The number of nitrogens with one attached hydrogen (secondary N) is 4. The van der Waals surface area contributed by atoms with Crippen molar-refractivity contribution >= 4 is 94.9 Å². The number of pyridine rings is 1. The number of aromatic nitrogens is 9. The number of para-hydroxylation sites is 6. The number of carbonyl (C=O) groups is 3. The Kier molecular flexibility index (Phi) is 41.7. The van der Waals surface area contributed by atoms with E-state index in [2.05, 4.69) is 122 Å². The molecule has 7 aromatic heterocycles. The van der Waals surface area contributed by atoms with Crippen molar-refractivity contribution in [2.75, 3.05) is 16.0 Å². The average Bonchev–Trinajstić information content (AvgIpc) is 2.98. The molecule has 92 heavy (non-hydrogen) atoms. The zero-order chi connectivity index (χ0) is 68.6. The van der Waals surface area contributed by atoms with Crippen molar-refractivity contribution in [3.05, 3.63) is 175 Å². The van der Waals surface area contributed by atoms with Crippen molar-refractivity contribution in [2.45, 2.75) is 191 Å². The first-order chi connectivity index (χ1) is 43.9. The molecule has 0 saturated heterocycles. The lowest BCUT2D eigenvalue weighted by molar-refractivity contribution is 0.0905. The van der Waals surface area contributed by atoms with Gasteiger partial charge in [0.05, 0.1) is 27.4 Å². The van der Waals surface area contributed by atoms with E-state index in [1.807, 2.05) is 212 Å². The summed E-state index contributed by atoms with van der Waals surface area (Å²) in [5, 5.41) is 14.9. The van der Waals surface area contributed by atoms with Crippen LogP contribution in [0, 0.1) is 11.8 Å². The number of carbonyl (C=O) groups excluding carboxylic acids is 3. The number of hydrogen-bond acceptors (Lipinski definition) is 14. The lowest BCUT2D eigenvalue weighted by Gasteiger charge is -2.04. The van der Waals surface area contributed by atoms with Crippen molar-refractivity contribution in [1.82, 2.24) is 43.9 Å². The molecule has 17 nitrogen and oxygen atoms in total. The second kappa shape index (κ2) is 46.2. The van der Waals surface area contributed by atoms with Crippen LogP contribution in [0.25, 0.3) is 43.6 Å². The van der Waals surface area contributed by atoms with E-state index in [0.29, 0.717) is 40.7 Å². The predicted octanol–water partition coefficient (Wildman–Crippen LogP) is 20.5. The molecule has 18 heteroatoms. The number of ketones is 3. The minimum Gasteiger partial charge on any atom is -0.434 e. The number of aliphatic imine (C=N–C) groups is 1. The number of H-pyrrole nitrogens is 1. The maximum Gasteiger partial charge on any atom is 0.264 e. The van der Waals surface area contributed by atoms with Gasteiger partial charge < -0.3 is 29.8 Å². The van der Waals surface area contributed by atoms with Gasteiger partial charge in [-0.1, -0.05) is 190 Å². The molecule has 12 rings (SSSR count). The van der Waals surface area contributed by atoms with Gasteiger partial charge in [0.15, 0.2) is 27.9 Å².